The standard InChI is InChI=1S/C25H25N3O4.C8H14O/c1-27-20-7-6-14(13-26)10-19(20)23(30)22-15(11-16(29)12-21(22)27)8-9-28-24(31)17-4-2-3-5-18(17)25(28)32;9-7-3-6-8-4-1-2-5-8/h2-7,10,15,21-22H,8-9,11-13,26H2,1H3;7-8H,1-6H2. The number of hydrogen-bond acceptors (Lipinski definition) is 7. The third kappa shape index (κ3) is 5.75. The lowest BCUT2D eigenvalue weighted by Crippen LogP contribution is -2.53. The van der Waals surface area contributed by atoms with Gasteiger partial charge in [0.1, 0.15) is 12.1 Å². The molecule has 2 N–H and O–H groups in total. The van der Waals surface area contributed by atoms with Crippen molar-refractivity contribution in [2.45, 2.75) is 70.4 Å². The van der Waals surface area contributed by atoms with Crippen molar-refractivity contribution in [1.29, 1.82) is 0 Å². The lowest BCUT2D eigenvalue weighted by Gasteiger charge is -2.46. The lowest BCUT2D eigenvalue weighted by atomic mass is 9.68. The number of hydrogen-bond donors (Lipinski definition) is 1. The van der Waals surface area contributed by atoms with Crippen LogP contribution in [0.3, 0.4) is 0 Å². The highest BCUT2D eigenvalue weighted by molar-refractivity contribution is 6.21. The van der Waals surface area contributed by atoms with Crippen LogP contribution >= 0.6 is 0 Å². The Balaban J connectivity index is 0.000000321. The second-order valence-electron chi connectivity index (χ2n) is 11.8. The van der Waals surface area contributed by atoms with Gasteiger partial charge in [-0.25, -0.2) is 0 Å². The molecular formula is C33H39N3O5. The molecule has 2 amide bonds. The Bertz CT molecular complexity index is 1310. The minimum atomic E-state index is -0.353. The first-order chi connectivity index (χ1) is 19.8. The summed E-state index contributed by atoms with van der Waals surface area (Å²) in [5.41, 5.74) is 8.94. The first-order valence-corrected chi connectivity index (χ1v) is 14.8. The first kappa shape index (κ1) is 28.9. The van der Waals surface area contributed by atoms with Gasteiger partial charge in [0.15, 0.2) is 5.78 Å². The number of nitrogens with two attached hydrogens (primary N) is 1. The Hall–Kier alpha value is -3.65. The molecule has 0 radical (unpaired) electrons. The van der Waals surface area contributed by atoms with Crippen LogP contribution in [0.15, 0.2) is 42.5 Å². The minimum Gasteiger partial charge on any atom is -0.370 e. The number of rotatable bonds is 7. The summed E-state index contributed by atoms with van der Waals surface area (Å²) in [5.74, 6) is -0.180. The van der Waals surface area contributed by atoms with E-state index in [1.165, 1.54) is 30.6 Å². The fraction of sp³-hybridized carbons (Fsp3) is 0.485. The summed E-state index contributed by atoms with van der Waals surface area (Å²) in [4.78, 5) is 64.9. The average molecular weight is 558 g/mol. The Kier molecular flexibility index (Phi) is 8.78. The van der Waals surface area contributed by atoms with Gasteiger partial charge in [0.05, 0.1) is 11.1 Å². The highest BCUT2D eigenvalue weighted by Gasteiger charge is 2.48. The monoisotopic (exact) mass is 557 g/mol. The van der Waals surface area contributed by atoms with Crippen molar-refractivity contribution in [1.82, 2.24) is 4.90 Å². The molecule has 2 aromatic carbocycles. The lowest BCUT2D eigenvalue weighted by molar-refractivity contribution is -0.123. The fourth-order valence-corrected chi connectivity index (χ4v) is 7.14. The number of benzene rings is 2. The summed E-state index contributed by atoms with van der Waals surface area (Å²) < 4.78 is 0. The van der Waals surface area contributed by atoms with E-state index in [9.17, 15) is 24.0 Å². The topological polar surface area (TPSA) is 118 Å². The summed E-state index contributed by atoms with van der Waals surface area (Å²) in [6.45, 7) is 0.542. The summed E-state index contributed by atoms with van der Waals surface area (Å²) in [6.07, 6.45) is 9.52. The molecule has 3 atom stereocenters. The van der Waals surface area contributed by atoms with Gasteiger partial charge in [-0.3, -0.25) is 24.1 Å². The van der Waals surface area contributed by atoms with Gasteiger partial charge in [0, 0.05) is 62.6 Å². The molecule has 2 aromatic rings. The van der Waals surface area contributed by atoms with Crippen LogP contribution in [-0.2, 0) is 16.1 Å². The number of aldehydes is 1. The van der Waals surface area contributed by atoms with E-state index in [0.29, 0.717) is 36.1 Å². The predicted molar refractivity (Wildman–Crippen MR) is 156 cm³/mol. The largest absolute Gasteiger partial charge is 0.370 e. The van der Waals surface area contributed by atoms with Crippen molar-refractivity contribution in [3.63, 3.8) is 0 Å². The third-order valence-electron chi connectivity index (χ3n) is 9.36. The summed E-state index contributed by atoms with van der Waals surface area (Å²) in [6, 6.07) is 12.2. The molecule has 4 aliphatic rings. The molecule has 3 unspecified atom stereocenters. The molecule has 8 nitrogen and oxygen atoms in total. The quantitative estimate of drug-likeness (QED) is 0.391. The molecule has 0 spiro atoms. The van der Waals surface area contributed by atoms with Crippen molar-refractivity contribution in [3.8, 4) is 0 Å². The van der Waals surface area contributed by atoms with Gasteiger partial charge in [0.25, 0.3) is 11.8 Å². The number of anilines is 1. The molecule has 6 rings (SSSR count). The second kappa shape index (κ2) is 12.5. The molecule has 0 saturated heterocycles. The number of nitrogens with zero attached hydrogens (tertiary/aromatic N) is 2. The van der Waals surface area contributed by atoms with Crippen molar-refractivity contribution >= 4 is 35.4 Å². The van der Waals surface area contributed by atoms with Crippen molar-refractivity contribution in [3.05, 3.63) is 64.7 Å². The van der Waals surface area contributed by atoms with Gasteiger partial charge < -0.3 is 15.4 Å². The maximum absolute atomic E-state index is 13.6. The smallest absolute Gasteiger partial charge is 0.261 e. The highest BCUT2D eigenvalue weighted by atomic mass is 16.2. The minimum absolute atomic E-state index is 0.0262. The molecule has 2 fully saturated rings. The molecular weight excluding hydrogens is 518 g/mol. The van der Waals surface area contributed by atoms with Crippen LogP contribution in [0.5, 0.6) is 0 Å². The van der Waals surface area contributed by atoms with Crippen LogP contribution in [0, 0.1) is 17.8 Å². The molecule has 41 heavy (non-hydrogen) atoms. The van der Waals surface area contributed by atoms with Crippen LogP contribution in [-0.4, -0.2) is 54.2 Å². The van der Waals surface area contributed by atoms with Crippen molar-refractivity contribution < 1.29 is 24.0 Å². The van der Waals surface area contributed by atoms with E-state index < -0.39 is 0 Å². The number of amides is 2. The van der Waals surface area contributed by atoms with Gasteiger partial charge in [-0.05, 0) is 54.5 Å². The molecule has 2 heterocycles. The van der Waals surface area contributed by atoms with Crippen LogP contribution < -0.4 is 10.6 Å². The van der Waals surface area contributed by atoms with Gasteiger partial charge in [-0.15, -0.1) is 0 Å². The van der Waals surface area contributed by atoms with E-state index >= 15 is 0 Å². The van der Waals surface area contributed by atoms with E-state index in [4.69, 9.17) is 5.73 Å². The van der Waals surface area contributed by atoms with Gasteiger partial charge in [-0.2, -0.15) is 0 Å². The number of imide groups is 1. The fourth-order valence-electron chi connectivity index (χ4n) is 7.14. The Labute approximate surface area is 241 Å². The predicted octanol–water partition coefficient (Wildman–Crippen LogP) is 4.58. The van der Waals surface area contributed by atoms with E-state index in [-0.39, 0.29) is 54.2 Å². The van der Waals surface area contributed by atoms with Gasteiger partial charge in [0.2, 0.25) is 0 Å². The number of ketones is 2. The molecule has 8 heteroatoms. The molecule has 216 valence electrons. The number of Topliss-reactive ketones (excluding diaryl/α,β-unsaturated/α-hetero) is 2. The second-order valence-corrected chi connectivity index (χ2v) is 11.8. The van der Waals surface area contributed by atoms with E-state index in [2.05, 4.69) is 0 Å². The van der Waals surface area contributed by atoms with Crippen LogP contribution in [0.1, 0.15) is 94.4 Å². The summed E-state index contributed by atoms with van der Waals surface area (Å²) >= 11 is 0. The Morgan fingerprint density at radius 1 is 0.902 bits per heavy atom. The zero-order valence-electron chi connectivity index (χ0n) is 23.7. The molecule has 2 aliphatic heterocycles. The molecule has 0 aromatic heterocycles. The van der Waals surface area contributed by atoms with Crippen molar-refractivity contribution in [2.24, 2.45) is 23.5 Å². The number of carbonyl (C=O) groups is 5. The number of fused-ring (bicyclic) bond motifs is 3. The molecule has 0 bridgehead atoms. The summed E-state index contributed by atoms with van der Waals surface area (Å²) in [7, 11) is 1.92. The molecule has 2 aliphatic carbocycles. The zero-order chi connectivity index (χ0) is 29.1. The Morgan fingerprint density at radius 3 is 2.22 bits per heavy atom. The maximum atomic E-state index is 13.6. The average Bonchev–Trinajstić information content (AvgIpc) is 3.60. The SMILES string of the molecule is CN1c2ccc(CN)cc2C(=O)C2C(CCN3C(=O)c4ccccc4C3=O)CC(=O)CC21.O=CCCC1CCCC1. The van der Waals surface area contributed by atoms with Gasteiger partial charge in [-0.1, -0.05) is 43.9 Å². The number of carbonyl (C=O) groups excluding carboxylic acids is 5. The highest BCUT2D eigenvalue weighted by Crippen LogP contribution is 2.43. The van der Waals surface area contributed by atoms with E-state index in [0.717, 1.165) is 36.3 Å². The maximum Gasteiger partial charge on any atom is 0.261 e. The Morgan fingerprint density at radius 2 is 1.59 bits per heavy atom. The van der Waals surface area contributed by atoms with Crippen LogP contribution in [0.2, 0.25) is 0 Å². The summed E-state index contributed by atoms with van der Waals surface area (Å²) in [5, 5.41) is 0. The van der Waals surface area contributed by atoms with E-state index in [1.807, 2.05) is 30.1 Å². The first-order valence-electron chi connectivity index (χ1n) is 14.8. The van der Waals surface area contributed by atoms with Gasteiger partial charge >= 0.3 is 0 Å². The normalized spacial score (nSPS) is 23.6. The van der Waals surface area contributed by atoms with Crippen molar-refractivity contribution in [2.75, 3.05) is 18.5 Å². The zero-order valence-corrected chi connectivity index (χ0v) is 23.7. The van der Waals surface area contributed by atoms with Crippen LogP contribution in [0.4, 0.5) is 5.69 Å². The third-order valence-corrected chi connectivity index (χ3v) is 9.36. The van der Waals surface area contributed by atoms with E-state index in [1.54, 1.807) is 24.3 Å². The van der Waals surface area contributed by atoms with Crippen LogP contribution in [0.25, 0.3) is 0 Å². The molecule has 2 saturated carbocycles.